The summed E-state index contributed by atoms with van der Waals surface area (Å²) in [7, 11) is 0. The number of benzene rings is 3. The molecule has 3 rings (SSSR count). The van der Waals surface area contributed by atoms with Crippen molar-refractivity contribution < 1.29 is 18.3 Å². The molecule has 0 bridgehead atoms. The second-order valence-corrected chi connectivity index (χ2v) is 8.52. The Bertz CT molecular complexity index is 1080. The Hall–Kier alpha value is -3.08. The average molecular weight is 409 g/mol. The van der Waals surface area contributed by atoms with Gasteiger partial charge in [-0.2, -0.15) is 0 Å². The average Bonchev–Trinajstić information content (AvgIpc) is 2.68. The SMILES string of the molecule is CC(C)(C)OC(=O)[C@](C)(Cc1c(F)cccc1F)N=Cc1ccc2ccccc2c1. The monoisotopic (exact) mass is 409 g/mol. The largest absolute Gasteiger partial charge is 0.458 e. The van der Waals surface area contributed by atoms with E-state index in [2.05, 4.69) is 4.99 Å². The zero-order valence-corrected chi connectivity index (χ0v) is 17.6. The number of halogens is 2. The first-order chi connectivity index (χ1) is 14.1. The van der Waals surface area contributed by atoms with Crippen LogP contribution in [0, 0.1) is 11.6 Å². The van der Waals surface area contributed by atoms with Crippen molar-refractivity contribution in [2.45, 2.75) is 45.3 Å². The van der Waals surface area contributed by atoms with E-state index in [-0.39, 0.29) is 12.0 Å². The van der Waals surface area contributed by atoms with Crippen LogP contribution in [0.25, 0.3) is 10.8 Å². The van der Waals surface area contributed by atoms with Crippen molar-refractivity contribution in [1.29, 1.82) is 0 Å². The second kappa shape index (κ2) is 8.34. The second-order valence-electron chi connectivity index (χ2n) is 8.52. The number of aliphatic imine (C=N–C) groups is 1. The minimum atomic E-state index is -1.50. The molecule has 0 aliphatic rings. The molecule has 0 fully saturated rings. The van der Waals surface area contributed by atoms with Gasteiger partial charge in [0.15, 0.2) is 5.54 Å². The highest BCUT2D eigenvalue weighted by Crippen LogP contribution is 2.26. The van der Waals surface area contributed by atoms with Crippen LogP contribution in [-0.4, -0.2) is 23.3 Å². The van der Waals surface area contributed by atoms with Crippen molar-refractivity contribution in [3.8, 4) is 0 Å². The Balaban J connectivity index is 1.99. The molecular weight excluding hydrogens is 384 g/mol. The molecule has 0 N–H and O–H groups in total. The van der Waals surface area contributed by atoms with E-state index in [1.165, 1.54) is 25.1 Å². The van der Waals surface area contributed by atoms with Crippen LogP contribution in [0.3, 0.4) is 0 Å². The van der Waals surface area contributed by atoms with Gasteiger partial charge in [-0.25, -0.2) is 13.6 Å². The maximum Gasteiger partial charge on any atom is 0.334 e. The Morgan fingerprint density at radius 2 is 1.57 bits per heavy atom. The van der Waals surface area contributed by atoms with Crippen LogP contribution >= 0.6 is 0 Å². The lowest BCUT2D eigenvalue weighted by Gasteiger charge is -2.29. The van der Waals surface area contributed by atoms with E-state index >= 15 is 0 Å². The van der Waals surface area contributed by atoms with Crippen molar-refractivity contribution in [2.24, 2.45) is 4.99 Å². The first kappa shape index (κ1) is 21.6. The van der Waals surface area contributed by atoms with E-state index in [1.54, 1.807) is 27.0 Å². The van der Waals surface area contributed by atoms with Crippen molar-refractivity contribution in [3.63, 3.8) is 0 Å². The summed E-state index contributed by atoms with van der Waals surface area (Å²) in [5.74, 6) is -2.08. The molecule has 0 spiro atoms. The quantitative estimate of drug-likeness (QED) is 0.390. The van der Waals surface area contributed by atoms with Crippen LogP contribution in [0.4, 0.5) is 8.78 Å². The van der Waals surface area contributed by atoms with E-state index in [0.717, 1.165) is 16.3 Å². The maximum atomic E-state index is 14.3. The molecule has 0 radical (unpaired) electrons. The molecule has 0 saturated carbocycles. The van der Waals surface area contributed by atoms with Crippen LogP contribution in [-0.2, 0) is 16.0 Å². The number of ether oxygens (including phenoxy) is 1. The van der Waals surface area contributed by atoms with Gasteiger partial charge in [-0.1, -0.05) is 42.5 Å². The molecule has 5 heteroatoms. The number of nitrogens with zero attached hydrogens (tertiary/aromatic N) is 1. The van der Waals surface area contributed by atoms with Crippen molar-refractivity contribution in [1.82, 2.24) is 0 Å². The highest BCUT2D eigenvalue weighted by Gasteiger charge is 2.38. The van der Waals surface area contributed by atoms with Crippen molar-refractivity contribution in [2.75, 3.05) is 0 Å². The van der Waals surface area contributed by atoms with Gasteiger partial charge in [0, 0.05) is 18.2 Å². The number of hydrogen-bond donors (Lipinski definition) is 0. The third kappa shape index (κ3) is 5.09. The molecule has 3 aromatic rings. The summed E-state index contributed by atoms with van der Waals surface area (Å²) >= 11 is 0. The molecule has 0 amide bonds. The molecule has 30 heavy (non-hydrogen) atoms. The van der Waals surface area contributed by atoms with Gasteiger partial charge in [-0.05, 0) is 62.2 Å². The smallest absolute Gasteiger partial charge is 0.334 e. The minimum absolute atomic E-state index is 0.193. The van der Waals surface area contributed by atoms with Gasteiger partial charge >= 0.3 is 5.97 Å². The van der Waals surface area contributed by atoms with E-state index < -0.39 is 28.7 Å². The van der Waals surface area contributed by atoms with Crippen molar-refractivity contribution >= 4 is 23.0 Å². The summed E-state index contributed by atoms with van der Waals surface area (Å²) in [6.07, 6.45) is 1.29. The van der Waals surface area contributed by atoms with Crippen LogP contribution in [0.15, 0.2) is 65.7 Å². The van der Waals surface area contributed by atoms with Crippen LogP contribution in [0.1, 0.15) is 38.8 Å². The lowest BCUT2D eigenvalue weighted by Crippen LogP contribution is -2.42. The number of rotatable bonds is 5. The summed E-state index contributed by atoms with van der Waals surface area (Å²) in [6, 6.07) is 17.3. The number of carbonyl (C=O) groups excluding carboxylic acids is 1. The molecule has 3 aromatic carbocycles. The van der Waals surface area contributed by atoms with Gasteiger partial charge < -0.3 is 4.74 Å². The Labute approximate surface area is 175 Å². The number of esters is 1. The fraction of sp³-hybridized carbons (Fsp3) is 0.280. The Kier molecular flexibility index (Phi) is 6.01. The number of fused-ring (bicyclic) bond motifs is 1. The first-order valence-electron chi connectivity index (χ1n) is 9.78. The molecule has 0 heterocycles. The standard InChI is InChI=1S/C25H25F2NO2/c1-24(2,3)30-23(29)25(4,15-20-21(26)10-7-11-22(20)27)28-16-17-12-13-18-8-5-6-9-19(18)14-17/h5-14,16H,15H2,1-4H3/t25-/m0/s1. The minimum Gasteiger partial charge on any atom is -0.458 e. The molecule has 0 saturated heterocycles. The Morgan fingerprint density at radius 3 is 2.20 bits per heavy atom. The molecule has 0 unspecified atom stereocenters. The zero-order valence-electron chi connectivity index (χ0n) is 17.6. The molecule has 1 atom stereocenters. The molecule has 3 nitrogen and oxygen atoms in total. The molecule has 0 aliphatic heterocycles. The third-order valence-corrected chi connectivity index (χ3v) is 4.69. The van der Waals surface area contributed by atoms with E-state index in [0.29, 0.717) is 0 Å². The Morgan fingerprint density at radius 1 is 0.933 bits per heavy atom. The summed E-state index contributed by atoms with van der Waals surface area (Å²) in [5.41, 5.74) is -1.67. The fourth-order valence-electron chi connectivity index (χ4n) is 3.11. The van der Waals surface area contributed by atoms with Crippen LogP contribution in [0.2, 0.25) is 0 Å². The zero-order chi connectivity index (χ0) is 21.9. The molecule has 0 aliphatic carbocycles. The van der Waals surface area contributed by atoms with Crippen molar-refractivity contribution in [3.05, 3.63) is 83.4 Å². The summed E-state index contributed by atoms with van der Waals surface area (Å²) in [5, 5.41) is 2.11. The van der Waals surface area contributed by atoms with E-state index in [1.807, 2.05) is 42.5 Å². The maximum absolute atomic E-state index is 14.3. The highest BCUT2D eigenvalue weighted by molar-refractivity contribution is 5.92. The summed E-state index contributed by atoms with van der Waals surface area (Å²) in [6.45, 7) is 6.75. The third-order valence-electron chi connectivity index (χ3n) is 4.69. The van der Waals surface area contributed by atoms with Gasteiger partial charge in [-0.3, -0.25) is 4.99 Å². The topological polar surface area (TPSA) is 38.7 Å². The number of hydrogen-bond acceptors (Lipinski definition) is 3. The molecule has 156 valence electrons. The van der Waals surface area contributed by atoms with Gasteiger partial charge in [0.05, 0.1) is 0 Å². The van der Waals surface area contributed by atoms with Gasteiger partial charge in [0.25, 0.3) is 0 Å². The lowest BCUT2D eigenvalue weighted by molar-refractivity contribution is -0.160. The highest BCUT2D eigenvalue weighted by atomic mass is 19.1. The summed E-state index contributed by atoms with van der Waals surface area (Å²) in [4.78, 5) is 17.4. The van der Waals surface area contributed by atoms with Gasteiger partial charge in [0.1, 0.15) is 17.2 Å². The van der Waals surface area contributed by atoms with Crippen LogP contribution in [0.5, 0.6) is 0 Å². The summed E-state index contributed by atoms with van der Waals surface area (Å²) < 4.78 is 34.1. The molecular formula is C25H25F2NO2. The lowest BCUT2D eigenvalue weighted by atomic mass is 9.92. The normalized spacial score (nSPS) is 14.1. The fourth-order valence-corrected chi connectivity index (χ4v) is 3.11. The predicted octanol–water partition coefficient (Wildman–Crippen LogP) is 5.88. The van der Waals surface area contributed by atoms with Crippen LogP contribution < -0.4 is 0 Å². The predicted molar refractivity (Wildman–Crippen MR) is 116 cm³/mol. The van der Waals surface area contributed by atoms with Gasteiger partial charge in [0.2, 0.25) is 0 Å². The van der Waals surface area contributed by atoms with Gasteiger partial charge in [-0.15, -0.1) is 0 Å². The van der Waals surface area contributed by atoms with E-state index in [9.17, 15) is 13.6 Å². The van der Waals surface area contributed by atoms with E-state index in [4.69, 9.17) is 4.74 Å². The number of carbonyl (C=O) groups is 1. The molecule has 0 aromatic heterocycles. The first-order valence-corrected chi connectivity index (χ1v) is 9.78.